The molecule has 0 unspecified atom stereocenters. The largest absolute Gasteiger partial charge is 0.361 e. The number of rotatable bonds is 4. The molecule has 0 atom stereocenters. The second-order valence-electron chi connectivity index (χ2n) is 2.86. The van der Waals surface area contributed by atoms with Gasteiger partial charge in [0, 0.05) is 30.6 Å². The Kier molecular flexibility index (Phi) is 2.73. The van der Waals surface area contributed by atoms with E-state index in [-0.39, 0.29) is 0 Å². The summed E-state index contributed by atoms with van der Waals surface area (Å²) in [5.41, 5.74) is 0.913. The smallest absolute Gasteiger partial charge is 0.202 e. The molecule has 2 heterocycles. The zero-order valence-corrected chi connectivity index (χ0v) is 8.54. The molecule has 0 aliphatic carbocycles. The molecule has 14 heavy (non-hydrogen) atoms. The Hall–Kier alpha value is -1.43. The van der Waals surface area contributed by atoms with Gasteiger partial charge in [-0.3, -0.25) is 0 Å². The van der Waals surface area contributed by atoms with Gasteiger partial charge in [0.2, 0.25) is 5.13 Å². The third kappa shape index (κ3) is 2.29. The van der Waals surface area contributed by atoms with Gasteiger partial charge < -0.3 is 9.84 Å². The van der Waals surface area contributed by atoms with Crippen molar-refractivity contribution < 1.29 is 4.52 Å². The lowest BCUT2D eigenvalue weighted by atomic mass is 10.3. The molecule has 0 aliphatic heterocycles. The molecule has 0 spiro atoms. The van der Waals surface area contributed by atoms with E-state index in [1.165, 1.54) is 17.9 Å². The maximum Gasteiger partial charge on any atom is 0.202 e. The number of hydrogen-bond acceptors (Lipinski definition) is 6. The summed E-state index contributed by atoms with van der Waals surface area (Å²) in [5.74, 6) is 0.888. The Balaban J connectivity index is 1.78. The highest BCUT2D eigenvalue weighted by atomic mass is 32.1. The summed E-state index contributed by atoms with van der Waals surface area (Å²) in [5, 5.41) is 7.78. The van der Waals surface area contributed by atoms with Crippen molar-refractivity contribution in [2.75, 3.05) is 11.9 Å². The van der Waals surface area contributed by atoms with Crippen LogP contribution in [0, 0.1) is 6.92 Å². The van der Waals surface area contributed by atoms with Crippen LogP contribution in [-0.4, -0.2) is 21.1 Å². The van der Waals surface area contributed by atoms with Gasteiger partial charge in [-0.1, -0.05) is 5.16 Å². The van der Waals surface area contributed by atoms with Crippen LogP contribution in [0.1, 0.15) is 11.5 Å². The molecule has 0 aromatic carbocycles. The van der Waals surface area contributed by atoms with Gasteiger partial charge in [0.1, 0.15) is 12.1 Å². The molecule has 6 heteroatoms. The standard InChI is InChI=1S/C8H10N4OS/c1-6-4-7(13-12-6)2-3-9-8-10-5-11-14-8/h4-5H,2-3H2,1H3,(H,9,10,11). The summed E-state index contributed by atoms with van der Waals surface area (Å²) in [6, 6.07) is 1.93. The molecule has 0 radical (unpaired) electrons. The monoisotopic (exact) mass is 210 g/mol. The van der Waals surface area contributed by atoms with Crippen molar-refractivity contribution in [3.05, 3.63) is 23.8 Å². The predicted molar refractivity (Wildman–Crippen MR) is 53.3 cm³/mol. The Morgan fingerprint density at radius 1 is 1.57 bits per heavy atom. The van der Waals surface area contributed by atoms with E-state index in [0.717, 1.165) is 29.6 Å². The van der Waals surface area contributed by atoms with Gasteiger partial charge in [0.05, 0.1) is 5.69 Å². The summed E-state index contributed by atoms with van der Waals surface area (Å²) >= 11 is 1.34. The highest BCUT2D eigenvalue weighted by molar-refractivity contribution is 7.09. The van der Waals surface area contributed by atoms with E-state index in [0.29, 0.717) is 0 Å². The maximum atomic E-state index is 5.06. The van der Waals surface area contributed by atoms with Crippen molar-refractivity contribution in [2.24, 2.45) is 0 Å². The van der Waals surface area contributed by atoms with Crippen LogP contribution < -0.4 is 5.32 Å². The number of aromatic nitrogens is 3. The van der Waals surface area contributed by atoms with Gasteiger partial charge >= 0.3 is 0 Å². The molecule has 5 nitrogen and oxygen atoms in total. The summed E-state index contributed by atoms with van der Waals surface area (Å²) in [6.45, 7) is 2.69. The fraction of sp³-hybridized carbons (Fsp3) is 0.375. The lowest BCUT2D eigenvalue weighted by Crippen LogP contribution is -2.03. The van der Waals surface area contributed by atoms with E-state index >= 15 is 0 Å². The van der Waals surface area contributed by atoms with Gasteiger partial charge in [0.15, 0.2) is 0 Å². The van der Waals surface area contributed by atoms with Crippen LogP contribution in [0.5, 0.6) is 0 Å². The zero-order chi connectivity index (χ0) is 9.80. The van der Waals surface area contributed by atoms with E-state index < -0.39 is 0 Å². The first-order valence-electron chi connectivity index (χ1n) is 4.27. The van der Waals surface area contributed by atoms with E-state index in [4.69, 9.17) is 4.52 Å². The van der Waals surface area contributed by atoms with Crippen LogP contribution in [0.4, 0.5) is 5.13 Å². The third-order valence-corrected chi connectivity index (χ3v) is 2.31. The van der Waals surface area contributed by atoms with Crippen molar-refractivity contribution in [1.29, 1.82) is 0 Å². The van der Waals surface area contributed by atoms with Crippen molar-refractivity contribution in [3.63, 3.8) is 0 Å². The first kappa shape index (κ1) is 9.14. The molecule has 0 aliphatic rings. The average Bonchev–Trinajstić information content (AvgIpc) is 2.77. The van der Waals surface area contributed by atoms with Crippen molar-refractivity contribution >= 4 is 16.7 Å². The Morgan fingerprint density at radius 2 is 2.50 bits per heavy atom. The molecule has 0 fully saturated rings. The minimum Gasteiger partial charge on any atom is -0.361 e. The van der Waals surface area contributed by atoms with Gasteiger partial charge in [-0.25, -0.2) is 4.98 Å². The third-order valence-electron chi connectivity index (χ3n) is 1.69. The minimum atomic E-state index is 0.782. The second-order valence-corrected chi connectivity index (χ2v) is 3.64. The Bertz CT molecular complexity index is 384. The summed E-state index contributed by atoms with van der Waals surface area (Å²) < 4.78 is 8.95. The van der Waals surface area contributed by atoms with Gasteiger partial charge in [-0.05, 0) is 6.92 Å². The average molecular weight is 210 g/mol. The van der Waals surface area contributed by atoms with Crippen LogP contribution >= 0.6 is 11.5 Å². The van der Waals surface area contributed by atoms with E-state index in [2.05, 4.69) is 19.8 Å². The molecule has 1 N–H and O–H groups in total. The molecule has 74 valence electrons. The quantitative estimate of drug-likeness (QED) is 0.828. The maximum absolute atomic E-state index is 5.06. The van der Waals surface area contributed by atoms with Gasteiger partial charge in [0.25, 0.3) is 0 Å². The molecule has 2 aromatic rings. The number of nitrogens with zero attached hydrogens (tertiary/aromatic N) is 3. The number of anilines is 1. The van der Waals surface area contributed by atoms with Crippen molar-refractivity contribution in [1.82, 2.24) is 14.5 Å². The summed E-state index contributed by atoms with van der Waals surface area (Å²) in [4.78, 5) is 4.00. The van der Waals surface area contributed by atoms with Gasteiger partial charge in [-0.15, -0.1) is 0 Å². The first-order chi connectivity index (χ1) is 6.84. The van der Waals surface area contributed by atoms with Crippen LogP contribution in [-0.2, 0) is 6.42 Å². The van der Waals surface area contributed by atoms with Crippen LogP contribution in [0.15, 0.2) is 16.9 Å². The first-order valence-corrected chi connectivity index (χ1v) is 5.04. The number of hydrogen-bond donors (Lipinski definition) is 1. The van der Waals surface area contributed by atoms with Crippen LogP contribution in [0.3, 0.4) is 0 Å². The SMILES string of the molecule is Cc1cc(CCNc2ncns2)on1. The zero-order valence-electron chi connectivity index (χ0n) is 7.73. The lowest BCUT2D eigenvalue weighted by Gasteiger charge is -1.97. The topological polar surface area (TPSA) is 63.8 Å². The molecular formula is C8H10N4OS. The van der Waals surface area contributed by atoms with Crippen molar-refractivity contribution in [2.45, 2.75) is 13.3 Å². The fourth-order valence-corrected chi connectivity index (χ4v) is 1.53. The minimum absolute atomic E-state index is 0.782. The summed E-state index contributed by atoms with van der Waals surface area (Å²) in [6.07, 6.45) is 2.34. The van der Waals surface area contributed by atoms with Crippen LogP contribution in [0.25, 0.3) is 0 Å². The predicted octanol–water partition coefficient (Wildman–Crippen LogP) is 1.49. The van der Waals surface area contributed by atoms with E-state index in [1.54, 1.807) is 0 Å². The van der Waals surface area contributed by atoms with E-state index in [9.17, 15) is 0 Å². The molecule has 2 rings (SSSR count). The second kappa shape index (κ2) is 4.19. The molecule has 0 amide bonds. The summed E-state index contributed by atoms with van der Waals surface area (Å²) in [7, 11) is 0. The highest BCUT2D eigenvalue weighted by Gasteiger charge is 2.00. The molecule has 0 bridgehead atoms. The fourth-order valence-electron chi connectivity index (χ4n) is 1.08. The number of aryl methyl sites for hydroxylation is 1. The van der Waals surface area contributed by atoms with Crippen LogP contribution in [0.2, 0.25) is 0 Å². The molecule has 2 aromatic heterocycles. The number of nitrogens with one attached hydrogen (secondary N) is 1. The Labute approximate surface area is 85.3 Å². The van der Waals surface area contributed by atoms with Gasteiger partial charge in [-0.2, -0.15) is 4.37 Å². The molecule has 0 saturated heterocycles. The molecular weight excluding hydrogens is 200 g/mol. The molecule has 0 saturated carbocycles. The highest BCUT2D eigenvalue weighted by Crippen LogP contribution is 2.07. The Morgan fingerprint density at radius 3 is 3.14 bits per heavy atom. The lowest BCUT2D eigenvalue weighted by molar-refractivity contribution is 0.381. The normalized spacial score (nSPS) is 10.4. The van der Waals surface area contributed by atoms with E-state index in [1.807, 2.05) is 13.0 Å². The van der Waals surface area contributed by atoms with Crippen molar-refractivity contribution in [3.8, 4) is 0 Å².